The van der Waals surface area contributed by atoms with Crippen LogP contribution in [0.15, 0.2) is 53.1 Å². The number of carbonyl (C=O) groups excluding carboxylic acids is 1. The van der Waals surface area contributed by atoms with Crippen LogP contribution in [-0.4, -0.2) is 48.1 Å². The first-order valence-corrected chi connectivity index (χ1v) is 9.03. The molecule has 2 aliphatic rings. The Labute approximate surface area is 148 Å². The van der Waals surface area contributed by atoms with Crippen molar-refractivity contribution in [2.75, 3.05) is 26.2 Å². The molecule has 0 saturated carbocycles. The van der Waals surface area contributed by atoms with Gasteiger partial charge >= 0.3 is 0 Å². The lowest BCUT2D eigenvalue weighted by molar-refractivity contribution is -0.151. The van der Waals surface area contributed by atoms with E-state index in [0.29, 0.717) is 13.2 Å². The van der Waals surface area contributed by atoms with Crippen molar-refractivity contribution in [1.82, 2.24) is 9.80 Å². The minimum atomic E-state index is -0.381. The largest absolute Gasteiger partial charge is 0.467 e. The molecule has 1 aromatic heterocycles. The maximum atomic E-state index is 13.0. The number of likely N-dealkylation sites (tertiary alicyclic amines) is 1. The van der Waals surface area contributed by atoms with Crippen molar-refractivity contribution in [2.24, 2.45) is 0 Å². The number of nitrogens with zero attached hydrogens (tertiary/aromatic N) is 2. The van der Waals surface area contributed by atoms with E-state index in [1.54, 1.807) is 6.26 Å². The fourth-order valence-electron chi connectivity index (χ4n) is 3.83. The standard InChI is InChI=1S/C20H24N2O3/c23-20(22-10-4-8-17(22)18-9-5-12-24-18)19-15-21(11-13-25-19)14-16-6-2-1-3-7-16/h1-3,5-7,9,12,17,19H,4,8,10-11,13-15H2/t17-,19-/m1/s1. The zero-order chi connectivity index (χ0) is 17.1. The summed E-state index contributed by atoms with van der Waals surface area (Å²) in [5, 5.41) is 0. The smallest absolute Gasteiger partial charge is 0.253 e. The summed E-state index contributed by atoms with van der Waals surface area (Å²) in [7, 11) is 0. The molecule has 3 heterocycles. The summed E-state index contributed by atoms with van der Waals surface area (Å²) < 4.78 is 11.4. The Balaban J connectivity index is 1.41. The SMILES string of the molecule is O=C([C@H]1CN(Cc2ccccc2)CCO1)N1CCC[C@@H]1c1ccco1. The molecule has 1 amide bonds. The van der Waals surface area contributed by atoms with Crippen molar-refractivity contribution in [1.29, 1.82) is 0 Å². The Hall–Kier alpha value is -2.11. The van der Waals surface area contributed by atoms with E-state index >= 15 is 0 Å². The molecule has 0 bridgehead atoms. The molecule has 2 aromatic rings. The van der Waals surface area contributed by atoms with E-state index < -0.39 is 0 Å². The molecule has 5 nitrogen and oxygen atoms in total. The summed E-state index contributed by atoms with van der Waals surface area (Å²) in [6, 6.07) is 14.3. The van der Waals surface area contributed by atoms with Crippen LogP contribution in [0.5, 0.6) is 0 Å². The van der Waals surface area contributed by atoms with Gasteiger partial charge in [-0.25, -0.2) is 0 Å². The monoisotopic (exact) mass is 340 g/mol. The van der Waals surface area contributed by atoms with Gasteiger partial charge in [-0.05, 0) is 30.5 Å². The van der Waals surface area contributed by atoms with Gasteiger partial charge in [-0.15, -0.1) is 0 Å². The van der Waals surface area contributed by atoms with E-state index in [4.69, 9.17) is 9.15 Å². The molecule has 2 aliphatic heterocycles. The van der Waals surface area contributed by atoms with Crippen LogP contribution in [-0.2, 0) is 16.1 Å². The van der Waals surface area contributed by atoms with Crippen LogP contribution in [0, 0.1) is 0 Å². The first-order valence-electron chi connectivity index (χ1n) is 9.03. The molecule has 4 rings (SSSR count). The number of amides is 1. The number of ether oxygens (including phenoxy) is 1. The molecule has 5 heteroatoms. The Bertz CT molecular complexity index is 686. The molecular weight excluding hydrogens is 316 g/mol. The lowest BCUT2D eigenvalue weighted by atomic mass is 10.1. The van der Waals surface area contributed by atoms with E-state index in [9.17, 15) is 4.79 Å². The predicted molar refractivity (Wildman–Crippen MR) is 93.9 cm³/mol. The topological polar surface area (TPSA) is 45.9 Å². The third kappa shape index (κ3) is 3.62. The van der Waals surface area contributed by atoms with Gasteiger partial charge in [-0.2, -0.15) is 0 Å². The van der Waals surface area contributed by atoms with Crippen LogP contribution in [0.4, 0.5) is 0 Å². The Morgan fingerprint density at radius 3 is 2.80 bits per heavy atom. The highest BCUT2D eigenvalue weighted by molar-refractivity contribution is 5.82. The number of benzene rings is 1. The molecule has 0 radical (unpaired) electrons. The minimum absolute atomic E-state index is 0.0515. The van der Waals surface area contributed by atoms with Gasteiger partial charge in [-0.3, -0.25) is 9.69 Å². The second-order valence-corrected chi connectivity index (χ2v) is 6.79. The molecular formula is C20H24N2O3. The van der Waals surface area contributed by atoms with Crippen molar-refractivity contribution in [3.05, 3.63) is 60.1 Å². The minimum Gasteiger partial charge on any atom is -0.467 e. The fraction of sp³-hybridized carbons (Fsp3) is 0.450. The number of morpholine rings is 1. The summed E-state index contributed by atoms with van der Waals surface area (Å²) >= 11 is 0. The first-order chi connectivity index (χ1) is 12.3. The van der Waals surface area contributed by atoms with Crippen LogP contribution >= 0.6 is 0 Å². The van der Waals surface area contributed by atoms with E-state index in [1.807, 2.05) is 23.1 Å². The van der Waals surface area contributed by atoms with Crippen LogP contribution in [0.3, 0.4) is 0 Å². The summed E-state index contributed by atoms with van der Waals surface area (Å²) in [4.78, 5) is 17.3. The molecule has 0 N–H and O–H groups in total. The maximum absolute atomic E-state index is 13.0. The summed E-state index contributed by atoms with van der Waals surface area (Å²) in [5.41, 5.74) is 1.27. The zero-order valence-electron chi connectivity index (χ0n) is 14.3. The normalized spacial score (nSPS) is 24.6. The maximum Gasteiger partial charge on any atom is 0.253 e. The summed E-state index contributed by atoms with van der Waals surface area (Å²) in [6.45, 7) is 3.75. The molecule has 1 aromatic carbocycles. The van der Waals surface area contributed by atoms with Crippen LogP contribution in [0.1, 0.15) is 30.2 Å². The number of hydrogen-bond acceptors (Lipinski definition) is 4. The van der Waals surface area contributed by atoms with E-state index in [2.05, 4.69) is 29.2 Å². The van der Waals surface area contributed by atoms with Gasteiger partial charge in [0.1, 0.15) is 11.9 Å². The Kier molecular flexibility index (Phi) is 4.85. The van der Waals surface area contributed by atoms with Gasteiger partial charge in [0.05, 0.1) is 18.9 Å². The van der Waals surface area contributed by atoms with Gasteiger partial charge in [-0.1, -0.05) is 30.3 Å². The molecule has 132 valence electrons. The summed E-state index contributed by atoms with van der Waals surface area (Å²) in [6.07, 6.45) is 3.26. The fourth-order valence-corrected chi connectivity index (χ4v) is 3.83. The van der Waals surface area contributed by atoms with Gasteiger partial charge in [0.2, 0.25) is 0 Å². The number of hydrogen-bond donors (Lipinski definition) is 0. The average Bonchev–Trinajstić information content (AvgIpc) is 3.33. The highest BCUT2D eigenvalue weighted by Gasteiger charge is 2.37. The molecule has 0 spiro atoms. The van der Waals surface area contributed by atoms with Gasteiger partial charge in [0, 0.05) is 26.2 Å². The molecule has 2 fully saturated rings. The molecule has 0 aliphatic carbocycles. The molecule has 25 heavy (non-hydrogen) atoms. The van der Waals surface area contributed by atoms with Crippen LogP contribution in [0.2, 0.25) is 0 Å². The van der Waals surface area contributed by atoms with Crippen LogP contribution < -0.4 is 0 Å². The van der Waals surface area contributed by atoms with Crippen molar-refractivity contribution >= 4 is 5.91 Å². The Morgan fingerprint density at radius 2 is 2.00 bits per heavy atom. The third-order valence-electron chi connectivity index (χ3n) is 5.08. The predicted octanol–water partition coefficient (Wildman–Crippen LogP) is 2.84. The van der Waals surface area contributed by atoms with Crippen molar-refractivity contribution < 1.29 is 13.9 Å². The molecule has 0 unspecified atom stereocenters. The number of furan rings is 1. The molecule has 2 atom stereocenters. The first kappa shape index (κ1) is 16.4. The highest BCUT2D eigenvalue weighted by Crippen LogP contribution is 2.33. The summed E-state index contributed by atoms with van der Waals surface area (Å²) in [5.74, 6) is 0.972. The van der Waals surface area contributed by atoms with Crippen molar-refractivity contribution in [2.45, 2.75) is 31.5 Å². The number of rotatable bonds is 4. The lowest BCUT2D eigenvalue weighted by Gasteiger charge is -2.35. The second-order valence-electron chi connectivity index (χ2n) is 6.79. The van der Waals surface area contributed by atoms with Gasteiger partial charge in [0.15, 0.2) is 0 Å². The lowest BCUT2D eigenvalue weighted by Crippen LogP contribution is -2.50. The van der Waals surface area contributed by atoms with E-state index in [1.165, 1.54) is 5.56 Å². The van der Waals surface area contributed by atoms with Crippen LogP contribution in [0.25, 0.3) is 0 Å². The van der Waals surface area contributed by atoms with Gasteiger partial charge in [0.25, 0.3) is 5.91 Å². The number of carbonyl (C=O) groups is 1. The molecule has 2 saturated heterocycles. The van der Waals surface area contributed by atoms with E-state index in [0.717, 1.165) is 38.2 Å². The third-order valence-corrected chi connectivity index (χ3v) is 5.08. The van der Waals surface area contributed by atoms with Crippen molar-refractivity contribution in [3.63, 3.8) is 0 Å². The van der Waals surface area contributed by atoms with Crippen molar-refractivity contribution in [3.8, 4) is 0 Å². The highest BCUT2D eigenvalue weighted by atomic mass is 16.5. The average molecular weight is 340 g/mol. The quantitative estimate of drug-likeness (QED) is 0.859. The second kappa shape index (κ2) is 7.42. The van der Waals surface area contributed by atoms with E-state index in [-0.39, 0.29) is 18.1 Å². The van der Waals surface area contributed by atoms with Gasteiger partial charge < -0.3 is 14.1 Å². The Morgan fingerprint density at radius 1 is 1.12 bits per heavy atom. The zero-order valence-corrected chi connectivity index (χ0v) is 14.3.